The lowest BCUT2D eigenvalue weighted by molar-refractivity contribution is -0.143. The molecule has 0 saturated heterocycles. The molecule has 2 rings (SSSR count). The summed E-state index contributed by atoms with van der Waals surface area (Å²) in [6.07, 6.45) is -0.479. The van der Waals surface area contributed by atoms with E-state index in [2.05, 4.69) is 5.32 Å². The number of benzene rings is 1. The zero-order valence-corrected chi connectivity index (χ0v) is 10.9. The molecule has 0 radical (unpaired) electrons. The number of rotatable bonds is 5. The monoisotopic (exact) mass is 283 g/mol. The summed E-state index contributed by atoms with van der Waals surface area (Å²) in [6, 6.07) is 7.49. The highest BCUT2D eigenvalue weighted by atomic mass is 19.3. The minimum absolute atomic E-state index is 0.0591. The number of carboxylic acid groups (broad SMARTS) is 1. The fourth-order valence-electron chi connectivity index (χ4n) is 2.01. The number of amides is 1. The van der Waals surface area contributed by atoms with Crippen LogP contribution in [0.25, 0.3) is 0 Å². The molecule has 0 heterocycles. The third kappa shape index (κ3) is 2.64. The third-order valence-electron chi connectivity index (χ3n) is 3.65. The summed E-state index contributed by atoms with van der Waals surface area (Å²) in [5.41, 5.74) is -1.06. The van der Waals surface area contributed by atoms with Gasteiger partial charge in [-0.1, -0.05) is 30.3 Å². The van der Waals surface area contributed by atoms with Crippen molar-refractivity contribution in [3.05, 3.63) is 35.9 Å². The number of hydrogen-bond acceptors (Lipinski definition) is 2. The molecule has 1 saturated carbocycles. The highest BCUT2D eigenvalue weighted by molar-refractivity contribution is 5.90. The standard InChI is InChI=1S/C14H15F2NO3/c1-13(8-14(13,15)16)12(20)17-10(11(18)19)7-9-5-3-2-4-6-9/h2-6,10H,7-8H2,1H3,(H,17,20)(H,18,19). The van der Waals surface area contributed by atoms with Crippen LogP contribution >= 0.6 is 0 Å². The lowest BCUT2D eigenvalue weighted by Gasteiger charge is -2.17. The van der Waals surface area contributed by atoms with Crippen LogP contribution in [0.3, 0.4) is 0 Å². The summed E-state index contributed by atoms with van der Waals surface area (Å²) in [5, 5.41) is 11.3. The van der Waals surface area contributed by atoms with Crippen molar-refractivity contribution < 1.29 is 23.5 Å². The van der Waals surface area contributed by atoms with Gasteiger partial charge in [0.25, 0.3) is 5.92 Å². The summed E-state index contributed by atoms with van der Waals surface area (Å²) in [6.45, 7) is 1.14. The molecule has 1 aliphatic carbocycles. The van der Waals surface area contributed by atoms with Gasteiger partial charge >= 0.3 is 5.97 Å². The molecule has 2 unspecified atom stereocenters. The highest BCUT2D eigenvalue weighted by Crippen LogP contribution is 2.60. The van der Waals surface area contributed by atoms with Crippen LogP contribution in [0.4, 0.5) is 8.78 Å². The van der Waals surface area contributed by atoms with Gasteiger partial charge in [0.1, 0.15) is 11.5 Å². The van der Waals surface area contributed by atoms with E-state index in [9.17, 15) is 18.4 Å². The molecule has 1 fully saturated rings. The van der Waals surface area contributed by atoms with Crippen molar-refractivity contribution >= 4 is 11.9 Å². The van der Waals surface area contributed by atoms with Gasteiger partial charge < -0.3 is 10.4 Å². The molecule has 2 atom stereocenters. The molecule has 2 N–H and O–H groups in total. The van der Waals surface area contributed by atoms with E-state index in [0.29, 0.717) is 5.56 Å². The Morgan fingerprint density at radius 1 is 1.35 bits per heavy atom. The van der Waals surface area contributed by atoms with Crippen LogP contribution in [0.2, 0.25) is 0 Å². The van der Waals surface area contributed by atoms with Crippen LogP contribution in [0.15, 0.2) is 30.3 Å². The normalized spacial score (nSPS) is 24.8. The van der Waals surface area contributed by atoms with Gasteiger partial charge in [-0.05, 0) is 12.5 Å². The molecule has 108 valence electrons. The molecule has 4 nitrogen and oxygen atoms in total. The summed E-state index contributed by atoms with van der Waals surface area (Å²) < 4.78 is 26.2. The number of aliphatic carboxylic acids is 1. The zero-order valence-electron chi connectivity index (χ0n) is 10.9. The van der Waals surface area contributed by atoms with Crippen molar-refractivity contribution in [2.75, 3.05) is 0 Å². The molecule has 1 aromatic rings. The second kappa shape index (κ2) is 4.85. The number of halogens is 2. The maximum Gasteiger partial charge on any atom is 0.326 e. The largest absolute Gasteiger partial charge is 0.480 e. The fraction of sp³-hybridized carbons (Fsp3) is 0.429. The minimum Gasteiger partial charge on any atom is -0.480 e. The molecule has 0 bridgehead atoms. The van der Waals surface area contributed by atoms with E-state index in [1.807, 2.05) is 0 Å². The van der Waals surface area contributed by atoms with Crippen LogP contribution in [-0.2, 0) is 16.0 Å². The maximum absolute atomic E-state index is 13.1. The Hall–Kier alpha value is -1.98. The average Bonchev–Trinajstić information content (AvgIpc) is 2.90. The van der Waals surface area contributed by atoms with Gasteiger partial charge in [-0.2, -0.15) is 0 Å². The number of alkyl halides is 2. The first-order valence-electron chi connectivity index (χ1n) is 6.22. The van der Waals surface area contributed by atoms with Gasteiger partial charge in [0.05, 0.1) is 0 Å². The van der Waals surface area contributed by atoms with E-state index in [0.717, 1.165) is 6.92 Å². The van der Waals surface area contributed by atoms with Crippen molar-refractivity contribution in [2.24, 2.45) is 5.41 Å². The van der Waals surface area contributed by atoms with Crippen molar-refractivity contribution in [3.63, 3.8) is 0 Å². The first-order chi connectivity index (χ1) is 9.26. The number of carbonyl (C=O) groups is 2. The molecule has 1 amide bonds. The van der Waals surface area contributed by atoms with Crippen molar-refractivity contribution in [1.82, 2.24) is 5.32 Å². The summed E-state index contributed by atoms with van der Waals surface area (Å²) >= 11 is 0. The molecular formula is C14H15F2NO3. The molecule has 1 aromatic carbocycles. The van der Waals surface area contributed by atoms with Crippen LogP contribution in [-0.4, -0.2) is 28.9 Å². The first-order valence-corrected chi connectivity index (χ1v) is 6.22. The second-order valence-corrected chi connectivity index (χ2v) is 5.27. The van der Waals surface area contributed by atoms with Crippen LogP contribution in [0.1, 0.15) is 18.9 Å². The lowest BCUT2D eigenvalue weighted by Crippen LogP contribution is -2.46. The maximum atomic E-state index is 13.1. The fourth-order valence-corrected chi connectivity index (χ4v) is 2.01. The minimum atomic E-state index is -3.05. The first kappa shape index (κ1) is 14.4. The molecule has 0 aliphatic heterocycles. The van der Waals surface area contributed by atoms with Crippen molar-refractivity contribution in [2.45, 2.75) is 31.7 Å². The topological polar surface area (TPSA) is 66.4 Å². The number of hydrogen-bond donors (Lipinski definition) is 2. The predicted molar refractivity (Wildman–Crippen MR) is 67.4 cm³/mol. The molecule has 1 aliphatic rings. The number of carbonyl (C=O) groups excluding carboxylic acids is 1. The highest BCUT2D eigenvalue weighted by Gasteiger charge is 2.72. The quantitative estimate of drug-likeness (QED) is 0.866. The van der Waals surface area contributed by atoms with E-state index in [1.54, 1.807) is 30.3 Å². The van der Waals surface area contributed by atoms with Crippen molar-refractivity contribution in [1.29, 1.82) is 0 Å². The second-order valence-electron chi connectivity index (χ2n) is 5.27. The zero-order chi connectivity index (χ0) is 15.0. The van der Waals surface area contributed by atoms with E-state index in [1.165, 1.54) is 0 Å². The van der Waals surface area contributed by atoms with Crippen LogP contribution in [0, 0.1) is 5.41 Å². The smallest absolute Gasteiger partial charge is 0.326 e. The number of carboxylic acids is 1. The molecule has 20 heavy (non-hydrogen) atoms. The third-order valence-corrected chi connectivity index (χ3v) is 3.65. The van der Waals surface area contributed by atoms with E-state index >= 15 is 0 Å². The van der Waals surface area contributed by atoms with Gasteiger partial charge in [0.2, 0.25) is 5.91 Å². The van der Waals surface area contributed by atoms with Crippen molar-refractivity contribution in [3.8, 4) is 0 Å². The van der Waals surface area contributed by atoms with E-state index < -0.39 is 35.7 Å². The Balaban J connectivity index is 2.04. The Labute approximate surface area is 114 Å². The summed E-state index contributed by atoms with van der Waals surface area (Å²) in [5.74, 6) is -5.20. The SMILES string of the molecule is CC1(C(=O)NC(Cc2ccccc2)C(=O)O)CC1(F)F. The van der Waals surface area contributed by atoms with E-state index in [4.69, 9.17) is 5.11 Å². The predicted octanol–water partition coefficient (Wildman–Crippen LogP) is 1.84. The van der Waals surface area contributed by atoms with Gasteiger partial charge in [-0.15, -0.1) is 0 Å². The Bertz CT molecular complexity index is 532. The van der Waals surface area contributed by atoms with Gasteiger partial charge in [-0.3, -0.25) is 4.79 Å². The van der Waals surface area contributed by atoms with Gasteiger partial charge in [-0.25, -0.2) is 13.6 Å². The van der Waals surface area contributed by atoms with Crippen LogP contribution < -0.4 is 5.32 Å². The van der Waals surface area contributed by atoms with E-state index in [-0.39, 0.29) is 6.42 Å². The van der Waals surface area contributed by atoms with Gasteiger partial charge in [0.15, 0.2) is 0 Å². The van der Waals surface area contributed by atoms with Gasteiger partial charge in [0, 0.05) is 12.8 Å². The molecular weight excluding hydrogens is 268 g/mol. The Morgan fingerprint density at radius 2 is 1.90 bits per heavy atom. The summed E-state index contributed by atoms with van der Waals surface area (Å²) in [7, 11) is 0. The molecule has 0 aromatic heterocycles. The van der Waals surface area contributed by atoms with Crippen LogP contribution in [0.5, 0.6) is 0 Å². The summed E-state index contributed by atoms with van der Waals surface area (Å²) in [4.78, 5) is 22.9. The Morgan fingerprint density at radius 3 is 2.35 bits per heavy atom. The Kier molecular flexibility index (Phi) is 3.50. The molecule has 6 heteroatoms. The molecule has 0 spiro atoms. The average molecular weight is 283 g/mol. The lowest BCUT2D eigenvalue weighted by atomic mass is 10.0. The number of nitrogens with one attached hydrogen (secondary N) is 1.